The minimum Gasteiger partial charge on any atom is -0.507 e. The van der Waals surface area contributed by atoms with Crippen LogP contribution in [0.15, 0.2) is 23.0 Å². The van der Waals surface area contributed by atoms with Crippen LogP contribution in [0.2, 0.25) is 0 Å². The van der Waals surface area contributed by atoms with E-state index in [1.54, 1.807) is 47.6 Å². The van der Waals surface area contributed by atoms with Crippen LogP contribution in [0.3, 0.4) is 0 Å². The Morgan fingerprint density at radius 1 is 0.696 bits per heavy atom. The van der Waals surface area contributed by atoms with Gasteiger partial charge in [0.1, 0.15) is 11.3 Å². The number of hydrogen-bond donors (Lipinski definition) is 8. The van der Waals surface area contributed by atoms with Crippen LogP contribution in [0, 0.1) is 41.4 Å². The molecule has 268 valence electrons. The van der Waals surface area contributed by atoms with Crippen molar-refractivity contribution in [2.45, 2.75) is 137 Å². The molecule has 1 fully saturated rings. The van der Waals surface area contributed by atoms with Gasteiger partial charge in [0.25, 0.3) is 5.91 Å². The Kier molecular flexibility index (Phi) is 16.5. The highest BCUT2D eigenvalue weighted by atomic mass is 16.3. The molecule has 1 aliphatic heterocycles. The highest BCUT2D eigenvalue weighted by molar-refractivity contribution is 6.26. The van der Waals surface area contributed by atoms with E-state index in [0.717, 1.165) is 0 Å². The Morgan fingerprint density at radius 2 is 1.15 bits per heavy atom. The highest BCUT2D eigenvalue weighted by Gasteiger charge is 2.41. The zero-order valence-electron chi connectivity index (χ0n) is 29.7. The van der Waals surface area contributed by atoms with Gasteiger partial charge >= 0.3 is 0 Å². The van der Waals surface area contributed by atoms with Gasteiger partial charge in [-0.3, -0.25) is 9.59 Å². The van der Waals surface area contributed by atoms with Crippen molar-refractivity contribution in [1.29, 1.82) is 0 Å². The summed E-state index contributed by atoms with van der Waals surface area (Å²) in [5, 5.41) is 85.9. The molecule has 1 heterocycles. The topological polar surface area (TPSA) is 199 Å². The number of carbonyl (C=O) groups is 2. The predicted octanol–water partition coefficient (Wildman–Crippen LogP) is 2.34. The fourth-order valence-electron chi connectivity index (χ4n) is 6.57. The Morgan fingerprint density at radius 3 is 1.61 bits per heavy atom. The van der Waals surface area contributed by atoms with Gasteiger partial charge < -0.3 is 45.8 Å². The van der Waals surface area contributed by atoms with E-state index in [0.29, 0.717) is 12.0 Å². The van der Waals surface area contributed by atoms with Gasteiger partial charge in [-0.25, -0.2) is 0 Å². The molecule has 1 amide bonds. The molecule has 0 aromatic rings. The van der Waals surface area contributed by atoms with Crippen molar-refractivity contribution in [3.8, 4) is 0 Å². The molecule has 14 unspecified atom stereocenters. The number of likely N-dealkylation sites (tertiary alicyclic amines) is 1. The third-order valence-electron chi connectivity index (χ3n) is 10.3. The van der Waals surface area contributed by atoms with Gasteiger partial charge in [0.2, 0.25) is 0 Å². The quantitative estimate of drug-likeness (QED) is 0.0615. The van der Waals surface area contributed by atoms with Crippen LogP contribution in [0.25, 0.3) is 0 Å². The number of hydrogen-bond acceptors (Lipinski definition) is 10. The number of likely N-dealkylation sites (N-methyl/N-ethyl adjacent to an activating group) is 1. The maximum atomic E-state index is 12.4. The molecule has 1 rings (SSSR count). The number of nitrogens with zero attached hydrogens (tertiary/aromatic N) is 1. The summed E-state index contributed by atoms with van der Waals surface area (Å²) in [5.41, 5.74) is 0.187. The van der Waals surface area contributed by atoms with Gasteiger partial charge in [0.05, 0.1) is 48.8 Å². The molecule has 0 aliphatic carbocycles. The molecule has 8 N–H and O–H groups in total. The first-order valence-corrected chi connectivity index (χ1v) is 16.8. The summed E-state index contributed by atoms with van der Waals surface area (Å²) >= 11 is 0. The van der Waals surface area contributed by atoms with Crippen molar-refractivity contribution in [3.63, 3.8) is 0 Å². The molecule has 0 aromatic carbocycles. The standard InChI is InChI=1S/C35H63NO10/c1-16(2)29(40)20(6)25(37)15-26(38)21(7)31(42)22(8)32(43)23(9)33(44)27(39)14-18(4)12-17(3)13-19(5)30(41)28-34(45)24(10)36(11)35(28)46/h13,16-18,20-27,29,31-33,37-44H,12,14-15H2,1-11H3/b19-13+,30-28+. The monoisotopic (exact) mass is 657 g/mol. The van der Waals surface area contributed by atoms with Crippen LogP contribution >= 0.6 is 0 Å². The van der Waals surface area contributed by atoms with Crippen LogP contribution in [-0.4, -0.2) is 113 Å². The maximum absolute atomic E-state index is 12.4. The molecular weight excluding hydrogens is 594 g/mol. The lowest BCUT2D eigenvalue weighted by atomic mass is 9.77. The van der Waals surface area contributed by atoms with Crippen LogP contribution in [-0.2, 0) is 9.59 Å². The fraction of sp³-hybridized carbons (Fsp3) is 0.829. The van der Waals surface area contributed by atoms with Gasteiger partial charge in [-0.15, -0.1) is 0 Å². The first-order valence-electron chi connectivity index (χ1n) is 16.8. The third-order valence-corrected chi connectivity index (χ3v) is 10.3. The summed E-state index contributed by atoms with van der Waals surface area (Å²) in [6.45, 7) is 17.2. The summed E-state index contributed by atoms with van der Waals surface area (Å²) in [6.07, 6.45) is -5.20. The molecule has 1 saturated heterocycles. The van der Waals surface area contributed by atoms with Crippen molar-refractivity contribution in [2.75, 3.05) is 7.05 Å². The predicted molar refractivity (Wildman–Crippen MR) is 176 cm³/mol. The van der Waals surface area contributed by atoms with Crippen molar-refractivity contribution < 1.29 is 50.4 Å². The average Bonchev–Trinajstić information content (AvgIpc) is 3.18. The molecule has 46 heavy (non-hydrogen) atoms. The Bertz CT molecular complexity index is 1040. The highest BCUT2D eigenvalue weighted by Crippen LogP contribution is 2.31. The van der Waals surface area contributed by atoms with Crippen LogP contribution in [0.5, 0.6) is 0 Å². The number of carbonyl (C=O) groups excluding carboxylic acids is 2. The van der Waals surface area contributed by atoms with E-state index in [4.69, 9.17) is 0 Å². The van der Waals surface area contributed by atoms with E-state index >= 15 is 0 Å². The van der Waals surface area contributed by atoms with Crippen LogP contribution in [0.1, 0.15) is 88.5 Å². The van der Waals surface area contributed by atoms with Crippen LogP contribution < -0.4 is 0 Å². The van der Waals surface area contributed by atoms with Gasteiger partial charge in [-0.2, -0.15) is 0 Å². The fourth-order valence-corrected chi connectivity index (χ4v) is 6.57. The molecule has 11 nitrogen and oxygen atoms in total. The second-order valence-electron chi connectivity index (χ2n) is 14.7. The third kappa shape index (κ3) is 10.6. The van der Waals surface area contributed by atoms with E-state index < -0.39 is 84.1 Å². The molecule has 11 heteroatoms. The van der Waals surface area contributed by atoms with E-state index in [9.17, 15) is 50.4 Å². The molecule has 0 radical (unpaired) electrons. The summed E-state index contributed by atoms with van der Waals surface area (Å²) in [6, 6.07) is -0.636. The number of Topliss-reactive ketones (excluding diaryl/α,β-unsaturated/α-hetero) is 1. The molecule has 0 bridgehead atoms. The van der Waals surface area contributed by atoms with Crippen molar-refractivity contribution in [2.24, 2.45) is 41.4 Å². The summed E-state index contributed by atoms with van der Waals surface area (Å²) < 4.78 is 0. The van der Waals surface area contributed by atoms with E-state index in [1.807, 2.05) is 27.7 Å². The Labute approximate surface area is 275 Å². The van der Waals surface area contributed by atoms with Gasteiger partial charge in [0, 0.05) is 30.7 Å². The lowest BCUT2D eigenvalue weighted by Gasteiger charge is -2.37. The molecule has 0 spiro atoms. The SMILES string of the molecule is CC(=C\C(C)CC(C)CC(O)C(O)C(C)C(O)C(C)C(O)C(C)C(O)CC(O)C(C)C(O)C(C)C)/C(O)=C1/C(=O)C(C)N(C)C1=O. The number of rotatable bonds is 18. The molecular formula is C35H63NO10. The first kappa shape index (κ1) is 42.2. The summed E-state index contributed by atoms with van der Waals surface area (Å²) in [4.78, 5) is 26.1. The number of ketones is 1. The lowest BCUT2D eigenvalue weighted by molar-refractivity contribution is -0.125. The van der Waals surface area contributed by atoms with Crippen LogP contribution in [0.4, 0.5) is 0 Å². The normalized spacial score (nSPS) is 26.1. The molecule has 0 saturated carbocycles. The largest absolute Gasteiger partial charge is 0.507 e. The average molecular weight is 658 g/mol. The van der Waals surface area contributed by atoms with Crippen molar-refractivity contribution >= 4 is 11.7 Å². The van der Waals surface area contributed by atoms with E-state index in [1.165, 1.54) is 11.9 Å². The van der Waals surface area contributed by atoms with Crippen molar-refractivity contribution in [3.05, 3.63) is 23.0 Å². The second-order valence-corrected chi connectivity index (χ2v) is 14.7. The minimum absolute atomic E-state index is 0.0578. The summed E-state index contributed by atoms with van der Waals surface area (Å²) in [7, 11) is 1.51. The van der Waals surface area contributed by atoms with Gasteiger partial charge in [0.15, 0.2) is 5.78 Å². The first-order chi connectivity index (χ1) is 21.1. The van der Waals surface area contributed by atoms with E-state index in [2.05, 4.69) is 0 Å². The molecule has 1 aliphatic rings. The zero-order chi connectivity index (χ0) is 36.0. The lowest BCUT2D eigenvalue weighted by Crippen LogP contribution is -2.47. The second kappa shape index (κ2) is 18.1. The molecule has 0 aromatic heterocycles. The number of allylic oxidation sites excluding steroid dienone is 2. The molecule has 14 atom stereocenters. The Hall–Kier alpha value is -1.86. The van der Waals surface area contributed by atoms with Crippen molar-refractivity contribution in [1.82, 2.24) is 4.90 Å². The Balaban J connectivity index is 2.77. The maximum Gasteiger partial charge on any atom is 0.261 e. The summed E-state index contributed by atoms with van der Waals surface area (Å²) in [5.74, 6) is -4.30. The number of amides is 1. The zero-order valence-corrected chi connectivity index (χ0v) is 29.7. The number of aliphatic hydroxyl groups is 8. The smallest absolute Gasteiger partial charge is 0.261 e. The van der Waals surface area contributed by atoms with Gasteiger partial charge in [-0.05, 0) is 56.4 Å². The minimum atomic E-state index is -1.30. The van der Waals surface area contributed by atoms with E-state index in [-0.39, 0.29) is 41.9 Å². The number of aliphatic hydroxyl groups excluding tert-OH is 8. The van der Waals surface area contributed by atoms with Gasteiger partial charge in [-0.1, -0.05) is 61.5 Å².